The molecule has 0 aliphatic carbocycles. The van der Waals surface area contributed by atoms with Crippen LogP contribution in [0.3, 0.4) is 0 Å². The summed E-state index contributed by atoms with van der Waals surface area (Å²) in [6.07, 6.45) is 3.00. The Balaban J connectivity index is 2.62. The van der Waals surface area contributed by atoms with Gasteiger partial charge in [-0.3, -0.25) is 4.79 Å². The van der Waals surface area contributed by atoms with Crippen LogP contribution >= 0.6 is 11.6 Å². The Morgan fingerprint density at radius 1 is 1.30 bits per heavy atom. The number of nitrogens with one attached hydrogen (secondary N) is 1. The summed E-state index contributed by atoms with van der Waals surface area (Å²) in [4.78, 5) is 23.2. The van der Waals surface area contributed by atoms with E-state index in [1.807, 2.05) is 0 Å². The molecule has 3 N–H and O–H groups in total. The van der Waals surface area contributed by atoms with E-state index in [1.54, 1.807) is 12.1 Å². The molecule has 6 heteroatoms. The van der Waals surface area contributed by atoms with Gasteiger partial charge in [-0.05, 0) is 37.6 Å². The van der Waals surface area contributed by atoms with E-state index >= 15 is 0 Å². The van der Waals surface area contributed by atoms with E-state index in [9.17, 15) is 9.59 Å². The average molecular weight is 299 g/mol. The zero-order valence-electron chi connectivity index (χ0n) is 11.4. The van der Waals surface area contributed by atoms with Crippen molar-refractivity contribution in [3.05, 3.63) is 28.8 Å². The number of nitrogens with two attached hydrogens (primary N) is 1. The maximum atomic E-state index is 11.8. The molecule has 1 aromatic rings. The van der Waals surface area contributed by atoms with Crippen molar-refractivity contribution in [3.8, 4) is 0 Å². The van der Waals surface area contributed by atoms with Crippen molar-refractivity contribution in [1.29, 1.82) is 0 Å². The van der Waals surface area contributed by atoms with Crippen molar-refractivity contribution >= 4 is 29.2 Å². The van der Waals surface area contributed by atoms with Crippen molar-refractivity contribution in [1.82, 2.24) is 0 Å². The highest BCUT2D eigenvalue weighted by molar-refractivity contribution is 6.33. The number of methoxy groups -OCH3 is 1. The molecule has 0 saturated heterocycles. The first kappa shape index (κ1) is 16.5. The van der Waals surface area contributed by atoms with Crippen LogP contribution in [0.1, 0.15) is 36.0 Å². The molecule has 0 radical (unpaired) electrons. The molecule has 1 amide bonds. The number of benzene rings is 1. The Morgan fingerprint density at radius 3 is 2.70 bits per heavy atom. The van der Waals surface area contributed by atoms with E-state index < -0.39 is 5.97 Å². The van der Waals surface area contributed by atoms with E-state index in [1.165, 1.54) is 13.2 Å². The van der Waals surface area contributed by atoms with Gasteiger partial charge in [-0.25, -0.2) is 4.79 Å². The quantitative estimate of drug-likeness (QED) is 0.599. The summed E-state index contributed by atoms with van der Waals surface area (Å²) in [5.41, 5.74) is 6.14. The van der Waals surface area contributed by atoms with Crippen molar-refractivity contribution in [3.63, 3.8) is 0 Å². The molecule has 0 atom stereocenters. The highest BCUT2D eigenvalue weighted by Gasteiger charge is 2.11. The lowest BCUT2D eigenvalue weighted by Gasteiger charge is -2.09. The van der Waals surface area contributed by atoms with Crippen molar-refractivity contribution < 1.29 is 14.3 Å². The summed E-state index contributed by atoms with van der Waals surface area (Å²) in [5.74, 6) is -0.606. The highest BCUT2D eigenvalue weighted by Crippen LogP contribution is 2.23. The molecule has 0 aliphatic heterocycles. The van der Waals surface area contributed by atoms with E-state index in [-0.39, 0.29) is 5.91 Å². The monoisotopic (exact) mass is 298 g/mol. The number of hydrogen-bond acceptors (Lipinski definition) is 4. The molecule has 1 aromatic carbocycles. The molecule has 0 saturated carbocycles. The summed E-state index contributed by atoms with van der Waals surface area (Å²) >= 11 is 5.99. The molecule has 0 aromatic heterocycles. The van der Waals surface area contributed by atoms with Gasteiger partial charge in [0, 0.05) is 6.42 Å². The Labute approximate surface area is 123 Å². The van der Waals surface area contributed by atoms with Gasteiger partial charge in [0.25, 0.3) is 0 Å². The van der Waals surface area contributed by atoms with Gasteiger partial charge in [0.2, 0.25) is 5.91 Å². The topological polar surface area (TPSA) is 81.4 Å². The van der Waals surface area contributed by atoms with E-state index in [0.29, 0.717) is 29.2 Å². The first-order valence-corrected chi connectivity index (χ1v) is 6.84. The predicted octanol–water partition coefficient (Wildman–Crippen LogP) is 2.58. The lowest BCUT2D eigenvalue weighted by Crippen LogP contribution is -2.12. The largest absolute Gasteiger partial charge is 0.465 e. The minimum absolute atomic E-state index is 0.133. The summed E-state index contributed by atoms with van der Waals surface area (Å²) in [7, 11) is 1.30. The summed E-state index contributed by atoms with van der Waals surface area (Å²) in [6.45, 7) is 0.634. The molecule has 110 valence electrons. The second-order valence-corrected chi connectivity index (χ2v) is 4.74. The molecular weight excluding hydrogens is 280 g/mol. The van der Waals surface area contributed by atoms with Gasteiger partial charge in [-0.1, -0.05) is 18.0 Å². The summed E-state index contributed by atoms with van der Waals surface area (Å²) < 4.78 is 4.62. The van der Waals surface area contributed by atoms with Gasteiger partial charge in [-0.2, -0.15) is 0 Å². The number of ether oxygens (including phenoxy) is 1. The average Bonchev–Trinajstić information content (AvgIpc) is 2.45. The maximum absolute atomic E-state index is 11.8. The number of carbonyl (C=O) groups excluding carboxylic acids is 2. The normalized spacial score (nSPS) is 10.2. The zero-order chi connectivity index (χ0) is 15.0. The lowest BCUT2D eigenvalue weighted by molar-refractivity contribution is -0.116. The first-order chi connectivity index (χ1) is 9.58. The van der Waals surface area contributed by atoms with Crippen LogP contribution in [0, 0.1) is 0 Å². The summed E-state index contributed by atoms with van der Waals surface area (Å²) in [6, 6.07) is 4.61. The number of carbonyl (C=O) groups is 2. The molecule has 20 heavy (non-hydrogen) atoms. The van der Waals surface area contributed by atoms with Gasteiger partial charge in [0.05, 0.1) is 23.4 Å². The van der Waals surface area contributed by atoms with E-state index in [2.05, 4.69) is 10.1 Å². The number of amides is 1. The number of hydrogen-bond donors (Lipinski definition) is 2. The second kappa shape index (κ2) is 8.55. The SMILES string of the molecule is COC(=O)c1ccc(Cl)c(NC(=O)CCCCCN)c1. The molecule has 0 fully saturated rings. The molecule has 0 aliphatic rings. The molecule has 1 rings (SSSR count). The first-order valence-electron chi connectivity index (χ1n) is 6.46. The van der Waals surface area contributed by atoms with Crippen molar-refractivity contribution in [2.24, 2.45) is 5.73 Å². The van der Waals surface area contributed by atoms with Crippen LogP contribution in [0.2, 0.25) is 5.02 Å². The predicted molar refractivity (Wildman–Crippen MR) is 78.9 cm³/mol. The minimum Gasteiger partial charge on any atom is -0.465 e. The Hall–Kier alpha value is -1.59. The second-order valence-electron chi connectivity index (χ2n) is 4.33. The number of halogens is 1. The van der Waals surface area contributed by atoms with Crippen LogP contribution in [0.4, 0.5) is 5.69 Å². The van der Waals surface area contributed by atoms with Crippen LogP contribution in [0.25, 0.3) is 0 Å². The van der Waals surface area contributed by atoms with Gasteiger partial charge in [-0.15, -0.1) is 0 Å². The van der Waals surface area contributed by atoms with Crippen LogP contribution in [-0.4, -0.2) is 25.5 Å². The van der Waals surface area contributed by atoms with Crippen molar-refractivity contribution in [2.75, 3.05) is 19.0 Å². The third-order valence-corrected chi connectivity index (χ3v) is 3.10. The Morgan fingerprint density at radius 2 is 2.05 bits per heavy atom. The molecule has 5 nitrogen and oxygen atoms in total. The fourth-order valence-electron chi connectivity index (χ4n) is 1.69. The number of unbranched alkanes of at least 4 members (excludes halogenated alkanes) is 2. The standard InChI is InChI=1S/C14H19ClN2O3/c1-20-14(19)10-6-7-11(15)12(9-10)17-13(18)5-3-2-4-8-16/h6-7,9H,2-5,8,16H2,1H3,(H,17,18). The smallest absolute Gasteiger partial charge is 0.337 e. The molecule has 0 bridgehead atoms. The van der Waals surface area contributed by atoms with Gasteiger partial charge >= 0.3 is 5.97 Å². The Kier molecular flexibility index (Phi) is 7.04. The fourth-order valence-corrected chi connectivity index (χ4v) is 1.85. The highest BCUT2D eigenvalue weighted by atomic mass is 35.5. The van der Waals surface area contributed by atoms with Crippen molar-refractivity contribution in [2.45, 2.75) is 25.7 Å². The zero-order valence-corrected chi connectivity index (χ0v) is 12.2. The van der Waals surface area contributed by atoms with E-state index in [0.717, 1.165) is 19.3 Å². The Bertz CT molecular complexity index is 477. The van der Waals surface area contributed by atoms with Gasteiger partial charge in [0.1, 0.15) is 0 Å². The minimum atomic E-state index is -0.472. The maximum Gasteiger partial charge on any atom is 0.337 e. The van der Waals surface area contributed by atoms with Crippen LogP contribution in [-0.2, 0) is 9.53 Å². The lowest BCUT2D eigenvalue weighted by atomic mass is 10.1. The molecule has 0 heterocycles. The van der Waals surface area contributed by atoms with Gasteiger partial charge < -0.3 is 15.8 Å². The molecule has 0 unspecified atom stereocenters. The van der Waals surface area contributed by atoms with E-state index in [4.69, 9.17) is 17.3 Å². The van der Waals surface area contributed by atoms with Crippen LogP contribution < -0.4 is 11.1 Å². The molecule has 0 spiro atoms. The third kappa shape index (κ3) is 5.19. The fraction of sp³-hybridized carbons (Fsp3) is 0.429. The molecular formula is C14H19ClN2O3. The third-order valence-electron chi connectivity index (χ3n) is 2.77. The number of esters is 1. The van der Waals surface area contributed by atoms with Gasteiger partial charge in [0.15, 0.2) is 0 Å². The summed E-state index contributed by atoms with van der Waals surface area (Å²) in [5, 5.41) is 3.08. The van der Waals surface area contributed by atoms with Crippen LogP contribution in [0.15, 0.2) is 18.2 Å². The van der Waals surface area contributed by atoms with Crippen LogP contribution in [0.5, 0.6) is 0 Å². The number of rotatable bonds is 7. The number of anilines is 1.